The molecule has 0 fully saturated rings. The number of rotatable bonds is 4. The number of amides is 1. The number of methoxy groups -OCH3 is 1. The Bertz CT molecular complexity index is 382. The van der Waals surface area contributed by atoms with Crippen LogP contribution in [0.2, 0.25) is 5.02 Å². The fourth-order valence-corrected chi connectivity index (χ4v) is 1.52. The van der Waals surface area contributed by atoms with E-state index < -0.39 is 0 Å². The van der Waals surface area contributed by atoms with Gasteiger partial charge in [-0.2, -0.15) is 0 Å². The van der Waals surface area contributed by atoms with Gasteiger partial charge in [0.2, 0.25) is 0 Å². The van der Waals surface area contributed by atoms with Crippen molar-refractivity contribution in [2.45, 2.75) is 0 Å². The number of hydrogen-bond acceptors (Lipinski definition) is 3. The molecule has 0 aliphatic rings. The zero-order valence-corrected chi connectivity index (χ0v) is 10.1. The average Bonchev–Trinajstić information content (AvgIpc) is 2.28. The van der Waals surface area contributed by atoms with E-state index in [1.165, 1.54) is 12.0 Å². The highest BCUT2D eigenvalue weighted by molar-refractivity contribution is 6.31. The summed E-state index contributed by atoms with van der Waals surface area (Å²) in [5.74, 6) is 0.364. The molecule has 2 N–H and O–H groups in total. The average molecular weight is 243 g/mol. The predicted octanol–water partition coefficient (Wildman–Crippen LogP) is 1.38. The molecule has 16 heavy (non-hydrogen) atoms. The fraction of sp³-hybridized carbons (Fsp3) is 0.364. The minimum atomic E-state index is -0.148. The molecular formula is C11H15ClN2O2. The van der Waals surface area contributed by atoms with Crippen LogP contribution in [0, 0.1) is 0 Å². The van der Waals surface area contributed by atoms with E-state index in [9.17, 15) is 4.79 Å². The van der Waals surface area contributed by atoms with Crippen LogP contribution >= 0.6 is 11.6 Å². The molecule has 0 atom stereocenters. The lowest BCUT2D eigenvalue weighted by atomic mass is 10.1. The lowest BCUT2D eigenvalue weighted by Crippen LogP contribution is -2.31. The van der Waals surface area contributed by atoms with Crippen LogP contribution in [0.3, 0.4) is 0 Å². The molecule has 1 rings (SSSR count). The SMILES string of the molecule is COc1ccc(Cl)cc1C(=O)N(C)CCN. The Balaban J connectivity index is 3.01. The quantitative estimate of drug-likeness (QED) is 0.868. The zero-order chi connectivity index (χ0) is 12.1. The van der Waals surface area contributed by atoms with Gasteiger partial charge in [0.05, 0.1) is 12.7 Å². The first-order valence-electron chi connectivity index (χ1n) is 4.89. The molecule has 0 radical (unpaired) electrons. The van der Waals surface area contributed by atoms with E-state index in [0.29, 0.717) is 29.4 Å². The minimum Gasteiger partial charge on any atom is -0.496 e. The molecule has 88 valence electrons. The number of nitrogens with two attached hydrogens (primary N) is 1. The van der Waals surface area contributed by atoms with E-state index in [0.717, 1.165) is 0 Å². The first-order valence-corrected chi connectivity index (χ1v) is 5.27. The maximum Gasteiger partial charge on any atom is 0.257 e. The third-order valence-electron chi connectivity index (χ3n) is 2.20. The van der Waals surface area contributed by atoms with Crippen LogP contribution < -0.4 is 10.5 Å². The largest absolute Gasteiger partial charge is 0.496 e. The minimum absolute atomic E-state index is 0.148. The third kappa shape index (κ3) is 2.87. The van der Waals surface area contributed by atoms with Crippen LogP contribution in [-0.2, 0) is 0 Å². The third-order valence-corrected chi connectivity index (χ3v) is 2.44. The van der Waals surface area contributed by atoms with Crippen LogP contribution in [-0.4, -0.2) is 38.1 Å². The Kier molecular flexibility index (Phi) is 4.58. The first-order chi connectivity index (χ1) is 7.60. The number of ether oxygens (including phenoxy) is 1. The molecule has 0 aromatic heterocycles. The summed E-state index contributed by atoms with van der Waals surface area (Å²) >= 11 is 5.85. The van der Waals surface area contributed by atoms with Crippen LogP contribution in [0.1, 0.15) is 10.4 Å². The summed E-state index contributed by atoms with van der Waals surface area (Å²) < 4.78 is 5.11. The van der Waals surface area contributed by atoms with Crippen molar-refractivity contribution < 1.29 is 9.53 Å². The lowest BCUT2D eigenvalue weighted by Gasteiger charge is -2.17. The van der Waals surface area contributed by atoms with Crippen molar-refractivity contribution in [3.63, 3.8) is 0 Å². The summed E-state index contributed by atoms with van der Waals surface area (Å²) in [6, 6.07) is 4.95. The Morgan fingerprint density at radius 1 is 1.56 bits per heavy atom. The summed E-state index contributed by atoms with van der Waals surface area (Å²) in [4.78, 5) is 13.5. The Labute approximate surface area is 99.9 Å². The van der Waals surface area contributed by atoms with E-state index >= 15 is 0 Å². The number of likely N-dealkylation sites (N-methyl/N-ethyl adjacent to an activating group) is 1. The maximum absolute atomic E-state index is 12.0. The van der Waals surface area contributed by atoms with Gasteiger partial charge in [-0.1, -0.05) is 11.6 Å². The van der Waals surface area contributed by atoms with Crippen molar-refractivity contribution in [1.29, 1.82) is 0 Å². The predicted molar refractivity (Wildman–Crippen MR) is 64.0 cm³/mol. The van der Waals surface area contributed by atoms with E-state index in [2.05, 4.69) is 0 Å². The zero-order valence-electron chi connectivity index (χ0n) is 9.37. The van der Waals surface area contributed by atoms with Crippen molar-refractivity contribution in [2.24, 2.45) is 5.73 Å². The maximum atomic E-state index is 12.0. The van der Waals surface area contributed by atoms with Gasteiger partial charge < -0.3 is 15.4 Å². The van der Waals surface area contributed by atoms with Crippen molar-refractivity contribution in [2.75, 3.05) is 27.2 Å². The van der Waals surface area contributed by atoms with E-state index in [1.54, 1.807) is 25.2 Å². The van der Waals surface area contributed by atoms with Gasteiger partial charge in [0, 0.05) is 25.2 Å². The molecule has 0 saturated carbocycles. The Hall–Kier alpha value is -1.26. The van der Waals surface area contributed by atoms with E-state index in [1.807, 2.05) is 0 Å². The normalized spacial score (nSPS) is 10.0. The van der Waals surface area contributed by atoms with Gasteiger partial charge in [-0.25, -0.2) is 0 Å². The smallest absolute Gasteiger partial charge is 0.257 e. The van der Waals surface area contributed by atoms with Crippen LogP contribution in [0.5, 0.6) is 5.75 Å². The molecular weight excluding hydrogens is 228 g/mol. The second kappa shape index (κ2) is 5.72. The Morgan fingerprint density at radius 2 is 2.25 bits per heavy atom. The Morgan fingerprint density at radius 3 is 2.81 bits per heavy atom. The van der Waals surface area contributed by atoms with Crippen molar-refractivity contribution in [3.05, 3.63) is 28.8 Å². The van der Waals surface area contributed by atoms with Gasteiger partial charge >= 0.3 is 0 Å². The highest BCUT2D eigenvalue weighted by Gasteiger charge is 2.16. The number of nitrogens with zero attached hydrogens (tertiary/aromatic N) is 1. The van der Waals surface area contributed by atoms with Crippen molar-refractivity contribution >= 4 is 17.5 Å². The van der Waals surface area contributed by atoms with Crippen LogP contribution in [0.4, 0.5) is 0 Å². The summed E-state index contributed by atoms with van der Waals surface area (Å²) in [6.45, 7) is 0.916. The number of carbonyl (C=O) groups excluding carboxylic acids is 1. The second-order valence-corrected chi connectivity index (χ2v) is 3.80. The highest BCUT2D eigenvalue weighted by atomic mass is 35.5. The van der Waals surface area contributed by atoms with Gasteiger partial charge in [0.15, 0.2) is 0 Å². The molecule has 0 aliphatic carbocycles. The van der Waals surface area contributed by atoms with Gasteiger partial charge in [-0.3, -0.25) is 4.79 Å². The van der Waals surface area contributed by atoms with Gasteiger partial charge in [0.1, 0.15) is 5.75 Å². The van der Waals surface area contributed by atoms with Crippen molar-refractivity contribution in [3.8, 4) is 5.75 Å². The first kappa shape index (κ1) is 12.8. The number of halogens is 1. The molecule has 0 unspecified atom stereocenters. The fourth-order valence-electron chi connectivity index (χ4n) is 1.35. The molecule has 1 aromatic carbocycles. The monoisotopic (exact) mass is 242 g/mol. The summed E-state index contributed by atoms with van der Waals surface area (Å²) in [6.07, 6.45) is 0. The van der Waals surface area contributed by atoms with Gasteiger partial charge in [-0.05, 0) is 18.2 Å². The van der Waals surface area contributed by atoms with Crippen LogP contribution in [0.25, 0.3) is 0 Å². The molecule has 5 heteroatoms. The molecule has 0 spiro atoms. The molecule has 0 aliphatic heterocycles. The highest BCUT2D eigenvalue weighted by Crippen LogP contribution is 2.23. The molecule has 1 amide bonds. The molecule has 1 aromatic rings. The summed E-state index contributed by atoms with van der Waals surface area (Å²) in [7, 11) is 3.21. The lowest BCUT2D eigenvalue weighted by molar-refractivity contribution is 0.0795. The number of hydrogen-bond donors (Lipinski definition) is 1. The van der Waals surface area contributed by atoms with E-state index in [-0.39, 0.29) is 5.91 Å². The van der Waals surface area contributed by atoms with Crippen molar-refractivity contribution in [1.82, 2.24) is 4.90 Å². The van der Waals surface area contributed by atoms with Gasteiger partial charge in [0.25, 0.3) is 5.91 Å². The standard InChI is InChI=1S/C11H15ClN2O2/c1-14(6-5-13)11(15)9-7-8(12)3-4-10(9)16-2/h3-4,7H,5-6,13H2,1-2H3. The van der Waals surface area contributed by atoms with Gasteiger partial charge in [-0.15, -0.1) is 0 Å². The molecule has 0 saturated heterocycles. The number of benzene rings is 1. The summed E-state index contributed by atoms with van der Waals surface area (Å²) in [5, 5.41) is 0.505. The molecule has 0 heterocycles. The topological polar surface area (TPSA) is 55.6 Å². The number of carbonyl (C=O) groups is 1. The molecule has 4 nitrogen and oxygen atoms in total. The molecule has 0 bridgehead atoms. The second-order valence-electron chi connectivity index (χ2n) is 3.36. The summed E-state index contributed by atoms with van der Waals surface area (Å²) in [5.41, 5.74) is 5.84. The van der Waals surface area contributed by atoms with E-state index in [4.69, 9.17) is 22.1 Å². The van der Waals surface area contributed by atoms with Crippen LogP contribution in [0.15, 0.2) is 18.2 Å².